The van der Waals surface area contributed by atoms with E-state index in [1.165, 1.54) is 0 Å². The summed E-state index contributed by atoms with van der Waals surface area (Å²) in [6.07, 6.45) is -0.140. The van der Waals surface area contributed by atoms with Crippen molar-refractivity contribution in [3.8, 4) is 5.75 Å². The van der Waals surface area contributed by atoms with E-state index in [0.29, 0.717) is 37.6 Å². The number of carbonyl (C=O) groups is 2. The summed E-state index contributed by atoms with van der Waals surface area (Å²) in [6, 6.07) is 16.8. The van der Waals surface area contributed by atoms with Gasteiger partial charge in [-0.1, -0.05) is 42.5 Å². The van der Waals surface area contributed by atoms with Crippen LogP contribution >= 0.6 is 0 Å². The summed E-state index contributed by atoms with van der Waals surface area (Å²) in [5.74, 6) is 0.0715. The van der Waals surface area contributed by atoms with Gasteiger partial charge in [0, 0.05) is 6.54 Å². The van der Waals surface area contributed by atoms with Crippen LogP contribution in [0.15, 0.2) is 54.6 Å². The number of nitrogens with one attached hydrogen (secondary N) is 1. The second-order valence-electron chi connectivity index (χ2n) is 6.22. The molecule has 1 atom stereocenters. The molecule has 0 saturated carbocycles. The number of amides is 2. The lowest BCUT2D eigenvalue weighted by Gasteiger charge is -2.33. The van der Waals surface area contributed by atoms with Crippen LogP contribution in [0.3, 0.4) is 0 Å². The summed E-state index contributed by atoms with van der Waals surface area (Å²) in [6.45, 7) is 3.76. The SMILES string of the molecule is CCOc1ccccc1C(=O)NCC(=O)N1CCO[C@@H](c2ccccc2)C1. The molecule has 0 unspecified atom stereocenters. The van der Waals surface area contributed by atoms with Gasteiger partial charge in [0.15, 0.2) is 0 Å². The lowest BCUT2D eigenvalue weighted by molar-refractivity contribution is -0.137. The molecule has 1 N–H and O–H groups in total. The van der Waals surface area contributed by atoms with Crippen LogP contribution in [0.2, 0.25) is 0 Å². The van der Waals surface area contributed by atoms with Crippen molar-refractivity contribution in [2.24, 2.45) is 0 Å². The highest BCUT2D eigenvalue weighted by molar-refractivity contribution is 5.98. The summed E-state index contributed by atoms with van der Waals surface area (Å²) in [7, 11) is 0. The van der Waals surface area contributed by atoms with Gasteiger partial charge in [0.2, 0.25) is 5.91 Å². The molecular weight excluding hydrogens is 344 g/mol. The predicted molar refractivity (Wildman–Crippen MR) is 102 cm³/mol. The fraction of sp³-hybridized carbons (Fsp3) is 0.333. The Morgan fingerprint density at radius 1 is 1.15 bits per heavy atom. The maximum absolute atomic E-state index is 12.5. The molecule has 142 valence electrons. The number of morpholine rings is 1. The quantitative estimate of drug-likeness (QED) is 0.850. The highest BCUT2D eigenvalue weighted by atomic mass is 16.5. The van der Waals surface area contributed by atoms with Crippen LogP contribution < -0.4 is 10.1 Å². The van der Waals surface area contributed by atoms with Gasteiger partial charge in [-0.15, -0.1) is 0 Å². The molecule has 2 aromatic carbocycles. The van der Waals surface area contributed by atoms with E-state index in [0.717, 1.165) is 5.56 Å². The van der Waals surface area contributed by atoms with E-state index in [1.807, 2.05) is 43.3 Å². The molecule has 1 aliphatic rings. The van der Waals surface area contributed by atoms with Crippen LogP contribution in [-0.2, 0) is 9.53 Å². The standard InChI is InChI=1S/C21H24N2O4/c1-2-26-18-11-7-6-10-17(18)21(25)22-14-20(24)23-12-13-27-19(15-23)16-8-4-3-5-9-16/h3-11,19H,2,12-15H2,1H3,(H,22,25)/t19-/m1/s1. The molecule has 6 nitrogen and oxygen atoms in total. The number of para-hydroxylation sites is 1. The minimum Gasteiger partial charge on any atom is -0.493 e. The lowest BCUT2D eigenvalue weighted by atomic mass is 10.1. The van der Waals surface area contributed by atoms with E-state index in [4.69, 9.17) is 9.47 Å². The number of benzene rings is 2. The van der Waals surface area contributed by atoms with Gasteiger partial charge in [-0.25, -0.2) is 0 Å². The van der Waals surface area contributed by atoms with Gasteiger partial charge >= 0.3 is 0 Å². The van der Waals surface area contributed by atoms with E-state index in [-0.39, 0.29) is 24.5 Å². The number of ether oxygens (including phenoxy) is 2. The number of nitrogens with zero attached hydrogens (tertiary/aromatic N) is 1. The molecule has 0 bridgehead atoms. The summed E-state index contributed by atoms with van der Waals surface area (Å²) in [5, 5.41) is 2.70. The van der Waals surface area contributed by atoms with Crippen molar-refractivity contribution in [2.45, 2.75) is 13.0 Å². The van der Waals surface area contributed by atoms with E-state index >= 15 is 0 Å². The Hall–Kier alpha value is -2.86. The topological polar surface area (TPSA) is 67.9 Å². The molecule has 0 spiro atoms. The Bertz CT molecular complexity index is 779. The van der Waals surface area contributed by atoms with Crippen molar-refractivity contribution >= 4 is 11.8 Å². The normalized spacial score (nSPS) is 16.6. The fourth-order valence-corrected chi connectivity index (χ4v) is 3.04. The lowest BCUT2D eigenvalue weighted by Crippen LogP contribution is -2.46. The third kappa shape index (κ3) is 4.86. The molecule has 6 heteroatoms. The van der Waals surface area contributed by atoms with E-state index in [1.54, 1.807) is 23.1 Å². The van der Waals surface area contributed by atoms with E-state index in [9.17, 15) is 9.59 Å². The summed E-state index contributed by atoms with van der Waals surface area (Å²) in [4.78, 5) is 26.7. The van der Waals surface area contributed by atoms with Crippen molar-refractivity contribution in [2.75, 3.05) is 32.8 Å². The number of hydrogen-bond acceptors (Lipinski definition) is 4. The molecule has 1 aliphatic heterocycles. The van der Waals surface area contributed by atoms with Gasteiger partial charge in [-0.05, 0) is 24.6 Å². The Morgan fingerprint density at radius 3 is 2.67 bits per heavy atom. The van der Waals surface area contributed by atoms with Crippen LogP contribution in [0.4, 0.5) is 0 Å². The summed E-state index contributed by atoms with van der Waals surface area (Å²) in [5.41, 5.74) is 1.47. The molecule has 1 fully saturated rings. The zero-order valence-electron chi connectivity index (χ0n) is 15.4. The zero-order valence-corrected chi connectivity index (χ0v) is 15.4. The molecule has 2 aromatic rings. The largest absolute Gasteiger partial charge is 0.493 e. The first-order chi connectivity index (χ1) is 13.2. The highest BCUT2D eigenvalue weighted by Crippen LogP contribution is 2.22. The molecule has 2 amide bonds. The maximum atomic E-state index is 12.5. The smallest absolute Gasteiger partial charge is 0.255 e. The van der Waals surface area contributed by atoms with E-state index < -0.39 is 0 Å². The van der Waals surface area contributed by atoms with Crippen LogP contribution in [0.1, 0.15) is 28.9 Å². The Labute approximate surface area is 159 Å². The number of carbonyl (C=O) groups excluding carboxylic acids is 2. The monoisotopic (exact) mass is 368 g/mol. The van der Waals surface area contributed by atoms with Crippen LogP contribution in [0, 0.1) is 0 Å². The van der Waals surface area contributed by atoms with E-state index in [2.05, 4.69) is 5.32 Å². The first-order valence-electron chi connectivity index (χ1n) is 9.13. The second kappa shape index (κ2) is 9.19. The van der Waals surface area contributed by atoms with Crippen molar-refractivity contribution < 1.29 is 19.1 Å². The first kappa shape index (κ1) is 18.9. The summed E-state index contributed by atoms with van der Waals surface area (Å²) < 4.78 is 11.3. The van der Waals surface area contributed by atoms with Gasteiger partial charge in [0.25, 0.3) is 5.91 Å². The first-order valence-corrected chi connectivity index (χ1v) is 9.13. The molecule has 0 aliphatic carbocycles. The molecule has 1 heterocycles. The van der Waals surface area contributed by atoms with Crippen molar-refractivity contribution in [1.29, 1.82) is 0 Å². The Morgan fingerprint density at radius 2 is 1.89 bits per heavy atom. The van der Waals surface area contributed by atoms with Crippen LogP contribution in [-0.4, -0.2) is 49.6 Å². The minimum atomic E-state index is -0.319. The van der Waals surface area contributed by atoms with Crippen molar-refractivity contribution in [3.05, 3.63) is 65.7 Å². The fourth-order valence-electron chi connectivity index (χ4n) is 3.04. The highest BCUT2D eigenvalue weighted by Gasteiger charge is 2.25. The van der Waals surface area contributed by atoms with Crippen LogP contribution in [0.5, 0.6) is 5.75 Å². The zero-order chi connectivity index (χ0) is 19.1. The molecule has 0 radical (unpaired) electrons. The van der Waals surface area contributed by atoms with Gasteiger partial charge in [0.05, 0.1) is 31.9 Å². The van der Waals surface area contributed by atoms with Crippen molar-refractivity contribution in [1.82, 2.24) is 10.2 Å². The molecular formula is C21H24N2O4. The third-order valence-corrected chi connectivity index (χ3v) is 4.42. The molecule has 3 rings (SSSR count). The Balaban J connectivity index is 1.57. The maximum Gasteiger partial charge on any atom is 0.255 e. The minimum absolute atomic E-state index is 0.0548. The number of hydrogen-bond donors (Lipinski definition) is 1. The predicted octanol–water partition coefficient (Wildman–Crippen LogP) is 2.42. The average Bonchev–Trinajstić information content (AvgIpc) is 2.73. The molecule has 0 aromatic heterocycles. The Kier molecular flexibility index (Phi) is 6.44. The average molecular weight is 368 g/mol. The summed E-state index contributed by atoms with van der Waals surface area (Å²) >= 11 is 0. The molecule has 1 saturated heterocycles. The van der Waals surface area contributed by atoms with Gasteiger partial charge in [0.1, 0.15) is 11.9 Å². The van der Waals surface area contributed by atoms with Gasteiger partial charge < -0.3 is 19.7 Å². The molecule has 27 heavy (non-hydrogen) atoms. The van der Waals surface area contributed by atoms with Gasteiger partial charge in [-0.3, -0.25) is 9.59 Å². The number of rotatable bonds is 6. The van der Waals surface area contributed by atoms with Crippen molar-refractivity contribution in [3.63, 3.8) is 0 Å². The second-order valence-corrected chi connectivity index (χ2v) is 6.22. The van der Waals surface area contributed by atoms with Gasteiger partial charge in [-0.2, -0.15) is 0 Å². The third-order valence-electron chi connectivity index (χ3n) is 4.42. The van der Waals surface area contributed by atoms with Crippen LogP contribution in [0.25, 0.3) is 0 Å².